The van der Waals surface area contributed by atoms with Crippen LogP contribution in [0.25, 0.3) is 0 Å². The Morgan fingerprint density at radius 1 is 1.12 bits per heavy atom. The molecule has 9 heteroatoms. The Kier molecular flexibility index (Phi) is 4.38. The number of hydrogen-bond acceptors (Lipinski definition) is 6. The zero-order chi connectivity index (χ0) is 18.4. The molecule has 3 rings (SSSR count). The summed E-state index contributed by atoms with van der Waals surface area (Å²) in [6.07, 6.45) is 0. The molecule has 2 unspecified atom stereocenters. The van der Waals surface area contributed by atoms with Crippen LogP contribution < -0.4 is 16.0 Å². The molecule has 0 spiro atoms. The molecule has 2 saturated heterocycles. The molecule has 134 valence electrons. The number of nitrogens with one attached hydrogen (secondary N) is 3. The second-order valence-electron chi connectivity index (χ2n) is 6.60. The maximum atomic E-state index is 12.5. The Balaban J connectivity index is 1.75. The van der Waals surface area contributed by atoms with Gasteiger partial charge in [0.25, 0.3) is 0 Å². The molecule has 2 heterocycles. The largest absolute Gasteiger partial charge is 0.508 e. The number of amides is 2. The van der Waals surface area contributed by atoms with Crippen LogP contribution in [0.3, 0.4) is 0 Å². The molecule has 0 aromatic heterocycles. The summed E-state index contributed by atoms with van der Waals surface area (Å²) in [6.45, 7) is 3.57. The maximum Gasteiger partial charge on any atom is 0.322 e. The number of aliphatic carboxylic acids is 1. The molecule has 2 fully saturated rings. The number of carboxylic acids is 1. The molecule has 25 heavy (non-hydrogen) atoms. The predicted octanol–water partition coefficient (Wildman–Crippen LogP) is -0.0578. The average molecular weight is 365 g/mol. The number of carboxylic acid groups (broad SMARTS) is 1. The number of carbonyl (C=O) groups excluding carboxylic acids is 2. The van der Waals surface area contributed by atoms with Crippen LogP contribution in [-0.4, -0.2) is 50.2 Å². The Bertz CT molecular complexity index is 721. The van der Waals surface area contributed by atoms with Crippen molar-refractivity contribution in [1.29, 1.82) is 0 Å². The summed E-state index contributed by atoms with van der Waals surface area (Å²) in [4.78, 5) is 36.3. The van der Waals surface area contributed by atoms with Crippen LogP contribution in [0, 0.1) is 0 Å². The molecule has 8 nitrogen and oxygen atoms in total. The molecule has 2 aliphatic rings. The molecular weight excluding hydrogens is 346 g/mol. The number of aromatic hydroxyl groups is 1. The fourth-order valence-corrected chi connectivity index (χ4v) is 4.53. The van der Waals surface area contributed by atoms with Gasteiger partial charge < -0.3 is 20.8 Å². The van der Waals surface area contributed by atoms with E-state index in [4.69, 9.17) is 0 Å². The highest BCUT2D eigenvalue weighted by Crippen LogP contribution is 2.39. The van der Waals surface area contributed by atoms with Crippen molar-refractivity contribution < 1.29 is 24.6 Å². The lowest BCUT2D eigenvalue weighted by Crippen LogP contribution is -2.63. The molecule has 2 aliphatic heterocycles. The van der Waals surface area contributed by atoms with E-state index < -0.39 is 34.2 Å². The van der Waals surface area contributed by atoms with E-state index in [0.717, 1.165) is 0 Å². The van der Waals surface area contributed by atoms with Gasteiger partial charge >= 0.3 is 5.97 Å². The number of thioether (sulfide) groups is 1. The number of rotatable bonds is 3. The van der Waals surface area contributed by atoms with E-state index in [1.165, 1.54) is 23.9 Å². The maximum absolute atomic E-state index is 12.5. The SMILES string of the molecule is CC1(C)S[C@H](C2NC(=O)C(c3ccc(O)cc3)NC2=O)N[C@H]1C(=O)O. The van der Waals surface area contributed by atoms with E-state index in [1.807, 2.05) is 0 Å². The lowest BCUT2D eigenvalue weighted by Gasteiger charge is -2.32. The third kappa shape index (κ3) is 3.29. The summed E-state index contributed by atoms with van der Waals surface area (Å²) < 4.78 is -0.616. The molecule has 0 bridgehead atoms. The molecule has 5 N–H and O–H groups in total. The number of hydrogen-bond donors (Lipinski definition) is 5. The van der Waals surface area contributed by atoms with Crippen molar-refractivity contribution in [2.24, 2.45) is 0 Å². The smallest absolute Gasteiger partial charge is 0.322 e. The normalized spacial score (nSPS) is 31.3. The van der Waals surface area contributed by atoms with Gasteiger partial charge in [-0.2, -0.15) is 0 Å². The number of carbonyl (C=O) groups is 3. The minimum Gasteiger partial charge on any atom is -0.508 e. The van der Waals surface area contributed by atoms with Gasteiger partial charge in [0.2, 0.25) is 11.8 Å². The van der Waals surface area contributed by atoms with E-state index in [-0.39, 0.29) is 17.6 Å². The van der Waals surface area contributed by atoms with Crippen molar-refractivity contribution in [1.82, 2.24) is 16.0 Å². The van der Waals surface area contributed by atoms with Crippen molar-refractivity contribution in [3.63, 3.8) is 0 Å². The van der Waals surface area contributed by atoms with Crippen molar-refractivity contribution in [2.75, 3.05) is 0 Å². The summed E-state index contributed by atoms with van der Waals surface area (Å²) >= 11 is 1.32. The monoisotopic (exact) mass is 365 g/mol. The van der Waals surface area contributed by atoms with Crippen LogP contribution in [-0.2, 0) is 14.4 Å². The molecule has 0 radical (unpaired) electrons. The van der Waals surface area contributed by atoms with Crippen LogP contribution in [0.2, 0.25) is 0 Å². The van der Waals surface area contributed by atoms with Crippen LogP contribution in [0.5, 0.6) is 5.75 Å². The summed E-state index contributed by atoms with van der Waals surface area (Å²) in [5.74, 6) is -1.69. The molecular formula is C16H19N3O5S. The molecule has 0 saturated carbocycles. The van der Waals surface area contributed by atoms with Gasteiger partial charge in [-0.1, -0.05) is 12.1 Å². The minimum absolute atomic E-state index is 0.0673. The summed E-state index contributed by atoms with van der Waals surface area (Å²) in [5.41, 5.74) is 0.554. The van der Waals surface area contributed by atoms with Crippen molar-refractivity contribution in [2.45, 2.75) is 42.1 Å². The van der Waals surface area contributed by atoms with E-state index in [1.54, 1.807) is 26.0 Å². The first kappa shape index (κ1) is 17.6. The molecule has 1 aromatic rings. The second kappa shape index (κ2) is 6.23. The van der Waals surface area contributed by atoms with Gasteiger partial charge in [0.05, 0.1) is 5.37 Å². The van der Waals surface area contributed by atoms with Gasteiger partial charge in [-0.25, -0.2) is 0 Å². The third-order valence-electron chi connectivity index (χ3n) is 4.36. The van der Waals surface area contributed by atoms with E-state index in [0.29, 0.717) is 5.56 Å². The van der Waals surface area contributed by atoms with Crippen molar-refractivity contribution in [3.8, 4) is 5.75 Å². The number of benzene rings is 1. The van der Waals surface area contributed by atoms with Crippen LogP contribution in [0.15, 0.2) is 24.3 Å². The average Bonchev–Trinajstić information content (AvgIpc) is 2.85. The molecule has 1 aromatic carbocycles. The molecule has 2 amide bonds. The third-order valence-corrected chi connectivity index (χ3v) is 5.87. The van der Waals surface area contributed by atoms with Crippen molar-refractivity contribution in [3.05, 3.63) is 29.8 Å². The quantitative estimate of drug-likeness (QED) is 0.508. The molecule has 0 aliphatic carbocycles. The van der Waals surface area contributed by atoms with Gasteiger partial charge in [-0.3, -0.25) is 19.7 Å². The first-order valence-corrected chi connectivity index (χ1v) is 8.63. The van der Waals surface area contributed by atoms with E-state index in [2.05, 4.69) is 16.0 Å². The van der Waals surface area contributed by atoms with Gasteiger partial charge in [0, 0.05) is 4.75 Å². The van der Waals surface area contributed by atoms with Crippen LogP contribution >= 0.6 is 11.8 Å². The lowest BCUT2D eigenvalue weighted by atomic mass is 10.0. The topological polar surface area (TPSA) is 128 Å². The zero-order valence-corrected chi connectivity index (χ0v) is 14.5. The fraction of sp³-hybridized carbons (Fsp3) is 0.438. The van der Waals surface area contributed by atoms with Gasteiger partial charge in [-0.15, -0.1) is 11.8 Å². The highest BCUT2D eigenvalue weighted by Gasteiger charge is 2.50. The Morgan fingerprint density at radius 2 is 1.76 bits per heavy atom. The number of phenolic OH excluding ortho intramolecular Hbond substituents is 1. The lowest BCUT2D eigenvalue weighted by molar-refractivity contribution is -0.140. The standard InChI is InChI=1S/C16H19N3O5S/c1-16(2)11(15(23)24)19-14(25-16)10-13(22)17-9(12(21)18-10)7-3-5-8(20)6-4-7/h3-6,9-11,14,19-20H,1-2H3,(H,17,22)(H,18,21)(H,23,24)/t9?,10?,11-,14+/m0/s1. The number of phenols is 1. The summed E-state index contributed by atoms with van der Waals surface area (Å²) in [7, 11) is 0. The highest BCUT2D eigenvalue weighted by atomic mass is 32.2. The zero-order valence-electron chi connectivity index (χ0n) is 13.6. The summed E-state index contributed by atoms with van der Waals surface area (Å²) in [6, 6.07) is 3.47. The van der Waals surface area contributed by atoms with Gasteiger partial charge in [0.15, 0.2) is 0 Å². The number of piperazine rings is 1. The Hall–Kier alpha value is -2.26. The fourth-order valence-electron chi connectivity index (χ4n) is 3.04. The minimum atomic E-state index is -0.996. The van der Waals surface area contributed by atoms with Gasteiger partial charge in [-0.05, 0) is 31.5 Å². The van der Waals surface area contributed by atoms with Crippen molar-refractivity contribution >= 4 is 29.5 Å². The highest BCUT2D eigenvalue weighted by molar-refractivity contribution is 8.01. The van der Waals surface area contributed by atoms with Crippen LogP contribution in [0.1, 0.15) is 25.5 Å². The Morgan fingerprint density at radius 3 is 2.32 bits per heavy atom. The Labute approximate surface area is 148 Å². The van der Waals surface area contributed by atoms with E-state index in [9.17, 15) is 24.6 Å². The molecule has 4 atom stereocenters. The second-order valence-corrected chi connectivity index (χ2v) is 8.39. The van der Waals surface area contributed by atoms with Gasteiger partial charge in [0.1, 0.15) is 23.9 Å². The first-order valence-electron chi connectivity index (χ1n) is 7.75. The van der Waals surface area contributed by atoms with E-state index >= 15 is 0 Å². The van der Waals surface area contributed by atoms with Crippen LogP contribution in [0.4, 0.5) is 0 Å². The predicted molar refractivity (Wildman–Crippen MR) is 90.9 cm³/mol. The summed E-state index contributed by atoms with van der Waals surface area (Å²) in [5, 5.41) is 26.4. The first-order chi connectivity index (χ1) is 11.7.